The van der Waals surface area contributed by atoms with Gasteiger partial charge in [0, 0.05) is 10.8 Å². The summed E-state index contributed by atoms with van der Waals surface area (Å²) in [6, 6.07) is 27.1. The zero-order valence-electron chi connectivity index (χ0n) is 11.9. The summed E-state index contributed by atoms with van der Waals surface area (Å²) in [6.45, 7) is 0. The average molecular weight is 302 g/mol. The molecule has 1 saturated heterocycles. The van der Waals surface area contributed by atoms with Crippen LogP contribution in [0.3, 0.4) is 0 Å². The van der Waals surface area contributed by atoms with Crippen LogP contribution in [0.1, 0.15) is 21.9 Å². The zero-order valence-corrected chi connectivity index (χ0v) is 12.7. The van der Waals surface area contributed by atoms with Gasteiger partial charge in [-0.05, 0) is 27.8 Å². The van der Waals surface area contributed by atoms with Crippen LogP contribution in [-0.2, 0) is 15.5 Å². The lowest BCUT2D eigenvalue weighted by Gasteiger charge is -2.10. The van der Waals surface area contributed by atoms with Crippen LogP contribution >= 0.6 is 0 Å². The van der Waals surface area contributed by atoms with Crippen molar-refractivity contribution >= 4 is 10.8 Å². The largest absolute Gasteiger partial charge is 0.258 e. The van der Waals surface area contributed by atoms with Gasteiger partial charge in [-0.25, -0.2) is 0 Å². The quantitative estimate of drug-likeness (QED) is 0.608. The lowest BCUT2D eigenvalue weighted by Crippen LogP contribution is -2.08. The molecular weight excluding hydrogens is 288 g/mol. The number of fused-ring (bicyclic) bond motifs is 5. The van der Waals surface area contributed by atoms with Crippen molar-refractivity contribution in [1.82, 2.24) is 0 Å². The van der Waals surface area contributed by atoms with Crippen LogP contribution in [0.25, 0.3) is 11.1 Å². The van der Waals surface area contributed by atoms with Crippen LogP contribution in [0, 0.1) is 0 Å². The summed E-state index contributed by atoms with van der Waals surface area (Å²) in [6.07, 6.45) is 0. The average Bonchev–Trinajstić information content (AvgIpc) is 3.10. The maximum Gasteiger partial charge on any atom is 0.116 e. The van der Waals surface area contributed by atoms with Gasteiger partial charge in [0.15, 0.2) is 0 Å². The van der Waals surface area contributed by atoms with Gasteiger partial charge in [0.1, 0.15) is 4.75 Å². The molecule has 5 rings (SSSR count). The fourth-order valence-corrected chi connectivity index (χ4v) is 6.15. The zero-order chi connectivity index (χ0) is 14.7. The monoisotopic (exact) mass is 302 g/mol. The first kappa shape index (κ1) is 12.4. The van der Waals surface area contributed by atoms with Crippen molar-refractivity contribution in [2.24, 2.45) is 0 Å². The van der Waals surface area contributed by atoms with Crippen LogP contribution in [0.5, 0.6) is 0 Å². The predicted octanol–water partition coefficient (Wildman–Crippen LogP) is 4.41. The van der Waals surface area contributed by atoms with Crippen LogP contribution in [0.15, 0.2) is 78.9 Å². The Morgan fingerprint density at radius 1 is 0.682 bits per heavy atom. The van der Waals surface area contributed by atoms with Gasteiger partial charge in [-0.3, -0.25) is 4.21 Å². The van der Waals surface area contributed by atoms with Crippen molar-refractivity contribution < 1.29 is 4.21 Å². The van der Waals surface area contributed by atoms with E-state index >= 15 is 0 Å². The van der Waals surface area contributed by atoms with Gasteiger partial charge in [0.05, 0.1) is 5.25 Å². The summed E-state index contributed by atoms with van der Waals surface area (Å²) < 4.78 is 12.7. The van der Waals surface area contributed by atoms with Gasteiger partial charge >= 0.3 is 0 Å². The highest BCUT2D eigenvalue weighted by Crippen LogP contribution is 2.70. The van der Waals surface area contributed by atoms with Gasteiger partial charge in [0.2, 0.25) is 0 Å². The normalized spacial score (nSPS) is 23.1. The molecule has 0 N–H and O–H groups in total. The van der Waals surface area contributed by atoms with Gasteiger partial charge in [-0.2, -0.15) is 0 Å². The molecule has 1 heterocycles. The van der Waals surface area contributed by atoms with E-state index in [1.165, 1.54) is 27.8 Å². The van der Waals surface area contributed by atoms with Crippen molar-refractivity contribution in [3.05, 3.63) is 95.6 Å². The van der Waals surface area contributed by atoms with E-state index in [1.807, 2.05) is 18.2 Å². The Kier molecular flexibility index (Phi) is 2.35. The van der Waals surface area contributed by atoms with Crippen LogP contribution in [0.4, 0.5) is 0 Å². The molecular formula is C20H14OS. The standard InChI is InChI=1S/C20H14OS/c21-22-19(14-8-2-1-3-9-14)20(22)17-12-6-4-10-15(17)16-11-5-7-13-18(16)20/h1-13,19H. The van der Waals surface area contributed by atoms with E-state index < -0.39 is 10.8 Å². The molecule has 1 aliphatic carbocycles. The third kappa shape index (κ3) is 1.32. The molecule has 22 heavy (non-hydrogen) atoms. The third-order valence-electron chi connectivity index (χ3n) is 4.89. The molecule has 1 aliphatic heterocycles. The van der Waals surface area contributed by atoms with Crippen LogP contribution in [0.2, 0.25) is 0 Å². The van der Waals surface area contributed by atoms with Crippen LogP contribution < -0.4 is 0 Å². The van der Waals surface area contributed by atoms with Crippen molar-refractivity contribution in [3.63, 3.8) is 0 Å². The molecule has 3 aromatic rings. The van der Waals surface area contributed by atoms with Gasteiger partial charge < -0.3 is 0 Å². The summed E-state index contributed by atoms with van der Waals surface area (Å²) in [4.78, 5) is 0. The summed E-state index contributed by atoms with van der Waals surface area (Å²) in [5.74, 6) is 0. The summed E-state index contributed by atoms with van der Waals surface area (Å²) in [7, 11) is -0.907. The third-order valence-corrected chi connectivity index (χ3v) is 7.00. The molecule has 0 aromatic heterocycles. The van der Waals surface area contributed by atoms with Crippen molar-refractivity contribution in [2.45, 2.75) is 10.00 Å². The fourth-order valence-electron chi connectivity index (χ4n) is 3.96. The van der Waals surface area contributed by atoms with E-state index in [9.17, 15) is 4.21 Å². The minimum Gasteiger partial charge on any atom is -0.258 e. The van der Waals surface area contributed by atoms with E-state index in [-0.39, 0.29) is 10.00 Å². The lowest BCUT2D eigenvalue weighted by atomic mass is 9.90. The molecule has 2 atom stereocenters. The molecule has 1 nitrogen and oxygen atoms in total. The molecule has 2 unspecified atom stereocenters. The first-order valence-corrected chi connectivity index (χ1v) is 8.71. The summed E-state index contributed by atoms with van der Waals surface area (Å²) in [5, 5.41) is 0.0681. The van der Waals surface area contributed by atoms with Crippen molar-refractivity contribution in [1.29, 1.82) is 0 Å². The topological polar surface area (TPSA) is 17.1 Å². The minimum atomic E-state index is -0.907. The summed E-state index contributed by atoms with van der Waals surface area (Å²) >= 11 is 0. The molecule has 0 saturated carbocycles. The first-order chi connectivity index (χ1) is 10.8. The number of rotatable bonds is 1. The molecule has 1 spiro atoms. The fraction of sp³-hybridized carbons (Fsp3) is 0.100. The summed E-state index contributed by atoms with van der Waals surface area (Å²) in [5.41, 5.74) is 6.11. The van der Waals surface area contributed by atoms with Gasteiger partial charge in [-0.1, -0.05) is 78.9 Å². The van der Waals surface area contributed by atoms with E-state index in [1.54, 1.807) is 0 Å². The van der Waals surface area contributed by atoms with Crippen LogP contribution in [-0.4, -0.2) is 4.21 Å². The predicted molar refractivity (Wildman–Crippen MR) is 90.0 cm³/mol. The lowest BCUT2D eigenvalue weighted by molar-refractivity contribution is 0.690. The van der Waals surface area contributed by atoms with E-state index in [2.05, 4.69) is 60.7 Å². The Hall–Kier alpha value is -2.19. The Labute approximate surface area is 132 Å². The Bertz CT molecular complexity index is 868. The van der Waals surface area contributed by atoms with Gasteiger partial charge in [-0.15, -0.1) is 0 Å². The van der Waals surface area contributed by atoms with E-state index in [0.717, 1.165) is 0 Å². The smallest absolute Gasteiger partial charge is 0.116 e. The second kappa shape index (κ2) is 4.17. The minimum absolute atomic E-state index is 0.0681. The first-order valence-electron chi connectivity index (χ1n) is 7.50. The van der Waals surface area contributed by atoms with Gasteiger partial charge in [0.25, 0.3) is 0 Å². The number of hydrogen-bond acceptors (Lipinski definition) is 1. The number of benzene rings is 3. The van der Waals surface area contributed by atoms with E-state index in [4.69, 9.17) is 0 Å². The molecule has 0 bridgehead atoms. The molecule has 106 valence electrons. The molecule has 1 fully saturated rings. The van der Waals surface area contributed by atoms with Crippen molar-refractivity contribution in [2.75, 3.05) is 0 Å². The highest BCUT2D eigenvalue weighted by molar-refractivity contribution is 7.94. The van der Waals surface area contributed by atoms with Crippen molar-refractivity contribution in [3.8, 4) is 11.1 Å². The molecule has 3 aromatic carbocycles. The second-order valence-corrected chi connectivity index (χ2v) is 7.63. The Morgan fingerprint density at radius 3 is 1.77 bits per heavy atom. The Morgan fingerprint density at radius 2 is 1.18 bits per heavy atom. The molecule has 0 radical (unpaired) electrons. The maximum absolute atomic E-state index is 13.1. The number of hydrogen-bond donors (Lipinski definition) is 0. The SMILES string of the molecule is O=S1C(c2ccccc2)C12c1ccccc1-c1ccccc12. The highest BCUT2D eigenvalue weighted by Gasteiger charge is 2.69. The molecule has 0 amide bonds. The Balaban J connectivity index is 1.81. The second-order valence-electron chi connectivity index (χ2n) is 5.91. The maximum atomic E-state index is 13.1. The molecule has 2 aliphatic rings. The van der Waals surface area contributed by atoms with E-state index in [0.29, 0.717) is 0 Å². The molecule has 2 heteroatoms. The highest BCUT2D eigenvalue weighted by atomic mass is 32.2.